The van der Waals surface area contributed by atoms with Crippen molar-refractivity contribution < 1.29 is 18.3 Å². The summed E-state index contributed by atoms with van der Waals surface area (Å²) in [5, 5.41) is 10.8. The second kappa shape index (κ2) is 4.37. The quantitative estimate of drug-likeness (QED) is 0.853. The van der Waals surface area contributed by atoms with Crippen LogP contribution in [0.1, 0.15) is 5.56 Å². The Morgan fingerprint density at radius 2 is 1.65 bits per heavy atom. The fourth-order valence-corrected chi connectivity index (χ4v) is 1.70. The zero-order chi connectivity index (χ0) is 12.5. The summed E-state index contributed by atoms with van der Waals surface area (Å²) in [6, 6.07) is 12.5. The summed E-state index contributed by atoms with van der Waals surface area (Å²) < 4.78 is 36.6. The van der Waals surface area contributed by atoms with Crippen LogP contribution in [0.4, 0.5) is 13.2 Å². The second-order valence-corrected chi connectivity index (χ2v) is 3.94. The maximum absolute atomic E-state index is 12.2. The molecule has 1 atom stereocenters. The maximum atomic E-state index is 12.2. The van der Waals surface area contributed by atoms with Gasteiger partial charge in [-0.1, -0.05) is 42.5 Å². The van der Waals surface area contributed by atoms with Gasteiger partial charge in [0.1, 0.15) is 0 Å². The van der Waals surface area contributed by atoms with Crippen LogP contribution in [0.2, 0.25) is 0 Å². The molecule has 1 N–H and O–H groups in total. The van der Waals surface area contributed by atoms with E-state index >= 15 is 0 Å². The number of aliphatic hydroxyl groups is 1. The topological polar surface area (TPSA) is 20.2 Å². The molecule has 0 spiro atoms. The van der Waals surface area contributed by atoms with E-state index in [1.807, 2.05) is 24.3 Å². The minimum absolute atomic E-state index is 0.408. The SMILES string of the molecule is OC(Cc1ccc2ccccc2c1)C(F)(F)F. The Balaban J connectivity index is 2.25. The molecule has 0 aromatic heterocycles. The Bertz CT molecular complexity index is 519. The van der Waals surface area contributed by atoms with Crippen LogP contribution in [0.3, 0.4) is 0 Å². The van der Waals surface area contributed by atoms with Gasteiger partial charge in [-0.05, 0) is 16.3 Å². The molecule has 0 heterocycles. The minimum Gasteiger partial charge on any atom is -0.383 e. The molecule has 0 bridgehead atoms. The number of hydrogen-bond acceptors (Lipinski definition) is 1. The summed E-state index contributed by atoms with van der Waals surface area (Å²) in [5.74, 6) is 0. The van der Waals surface area contributed by atoms with Crippen molar-refractivity contribution in [2.45, 2.75) is 18.7 Å². The van der Waals surface area contributed by atoms with Gasteiger partial charge in [0.2, 0.25) is 0 Å². The first-order valence-corrected chi connectivity index (χ1v) is 5.19. The molecule has 4 heteroatoms. The largest absolute Gasteiger partial charge is 0.414 e. The first kappa shape index (κ1) is 11.9. The van der Waals surface area contributed by atoms with Crippen LogP contribution in [0.5, 0.6) is 0 Å². The predicted octanol–water partition coefficient (Wildman–Crippen LogP) is 3.31. The van der Waals surface area contributed by atoms with Gasteiger partial charge in [-0.2, -0.15) is 13.2 Å². The molecule has 0 radical (unpaired) electrons. The van der Waals surface area contributed by atoms with E-state index in [2.05, 4.69) is 0 Å². The predicted molar refractivity (Wildman–Crippen MR) is 59.7 cm³/mol. The van der Waals surface area contributed by atoms with Gasteiger partial charge in [-0.25, -0.2) is 0 Å². The summed E-state index contributed by atoms with van der Waals surface area (Å²) in [6.07, 6.45) is -7.27. The van der Waals surface area contributed by atoms with Crippen molar-refractivity contribution >= 4 is 10.8 Å². The van der Waals surface area contributed by atoms with Gasteiger partial charge < -0.3 is 5.11 Å². The van der Waals surface area contributed by atoms with Gasteiger partial charge in [-0.3, -0.25) is 0 Å². The highest BCUT2D eigenvalue weighted by atomic mass is 19.4. The van der Waals surface area contributed by atoms with E-state index in [-0.39, 0.29) is 0 Å². The van der Waals surface area contributed by atoms with Crippen molar-refractivity contribution in [3.05, 3.63) is 48.0 Å². The molecular formula is C13H11F3O. The lowest BCUT2D eigenvalue weighted by molar-refractivity contribution is -0.203. The lowest BCUT2D eigenvalue weighted by Gasteiger charge is -2.14. The number of benzene rings is 2. The summed E-state index contributed by atoms with van der Waals surface area (Å²) in [4.78, 5) is 0. The van der Waals surface area contributed by atoms with Gasteiger partial charge in [0.05, 0.1) is 0 Å². The number of hydrogen-bond donors (Lipinski definition) is 1. The van der Waals surface area contributed by atoms with Crippen molar-refractivity contribution in [2.24, 2.45) is 0 Å². The molecule has 2 aromatic carbocycles. The molecule has 0 aliphatic carbocycles. The molecule has 1 unspecified atom stereocenters. The normalized spacial score (nSPS) is 13.9. The van der Waals surface area contributed by atoms with Gasteiger partial charge in [0, 0.05) is 6.42 Å². The average molecular weight is 240 g/mol. The fraction of sp³-hybridized carbons (Fsp3) is 0.231. The average Bonchev–Trinajstić information content (AvgIpc) is 2.27. The van der Waals surface area contributed by atoms with Gasteiger partial charge in [-0.15, -0.1) is 0 Å². The Hall–Kier alpha value is -1.55. The van der Waals surface area contributed by atoms with Crippen LogP contribution in [-0.2, 0) is 6.42 Å². The van der Waals surface area contributed by atoms with Crippen LogP contribution < -0.4 is 0 Å². The minimum atomic E-state index is -4.56. The molecule has 1 nitrogen and oxygen atoms in total. The fourth-order valence-electron chi connectivity index (χ4n) is 1.70. The van der Waals surface area contributed by atoms with Crippen molar-refractivity contribution in [3.8, 4) is 0 Å². The van der Waals surface area contributed by atoms with E-state index in [0.29, 0.717) is 5.56 Å². The molecule has 0 saturated heterocycles. The Morgan fingerprint density at radius 1 is 1.00 bits per heavy atom. The van der Waals surface area contributed by atoms with Gasteiger partial charge >= 0.3 is 6.18 Å². The second-order valence-electron chi connectivity index (χ2n) is 3.94. The number of alkyl halides is 3. The number of aliphatic hydroxyl groups excluding tert-OH is 1. The van der Waals surface area contributed by atoms with E-state index in [4.69, 9.17) is 5.11 Å². The van der Waals surface area contributed by atoms with Crippen molar-refractivity contribution in [1.82, 2.24) is 0 Å². The number of halogens is 3. The van der Waals surface area contributed by atoms with Crippen LogP contribution in [0.25, 0.3) is 10.8 Å². The standard InChI is InChI=1S/C13H11F3O/c14-13(15,16)12(17)8-9-5-6-10-3-1-2-4-11(10)7-9/h1-7,12,17H,8H2. The van der Waals surface area contributed by atoms with Crippen LogP contribution >= 0.6 is 0 Å². The first-order valence-electron chi connectivity index (χ1n) is 5.19. The van der Waals surface area contributed by atoms with Gasteiger partial charge in [0.15, 0.2) is 6.10 Å². The first-order chi connectivity index (χ1) is 7.97. The van der Waals surface area contributed by atoms with Crippen molar-refractivity contribution in [1.29, 1.82) is 0 Å². The van der Waals surface area contributed by atoms with E-state index in [0.717, 1.165) is 10.8 Å². The highest BCUT2D eigenvalue weighted by Gasteiger charge is 2.37. The summed E-state index contributed by atoms with van der Waals surface area (Å²) in [5.41, 5.74) is 0.480. The molecule has 0 saturated carbocycles. The Labute approximate surface area is 96.5 Å². The summed E-state index contributed by atoms with van der Waals surface area (Å²) in [6.45, 7) is 0. The molecule has 90 valence electrons. The van der Waals surface area contributed by atoms with E-state index in [1.165, 1.54) is 0 Å². The number of rotatable bonds is 2. The molecule has 2 aromatic rings. The summed E-state index contributed by atoms with van der Waals surface area (Å²) >= 11 is 0. The third-order valence-electron chi connectivity index (χ3n) is 2.62. The van der Waals surface area contributed by atoms with Crippen LogP contribution in [-0.4, -0.2) is 17.4 Å². The van der Waals surface area contributed by atoms with E-state index < -0.39 is 18.7 Å². The Kier molecular flexibility index (Phi) is 3.07. The molecule has 0 fully saturated rings. The lowest BCUT2D eigenvalue weighted by Crippen LogP contribution is -2.30. The molecular weight excluding hydrogens is 229 g/mol. The van der Waals surface area contributed by atoms with Gasteiger partial charge in [0.25, 0.3) is 0 Å². The lowest BCUT2D eigenvalue weighted by atomic mass is 10.0. The molecule has 0 aliphatic rings. The molecule has 17 heavy (non-hydrogen) atoms. The molecule has 0 aliphatic heterocycles. The monoisotopic (exact) mass is 240 g/mol. The number of fused-ring (bicyclic) bond motifs is 1. The van der Waals surface area contributed by atoms with E-state index in [9.17, 15) is 13.2 Å². The maximum Gasteiger partial charge on any atom is 0.414 e. The third kappa shape index (κ3) is 2.77. The third-order valence-corrected chi connectivity index (χ3v) is 2.62. The highest BCUT2D eigenvalue weighted by Crippen LogP contribution is 2.24. The van der Waals surface area contributed by atoms with Crippen LogP contribution in [0.15, 0.2) is 42.5 Å². The van der Waals surface area contributed by atoms with Crippen molar-refractivity contribution in [3.63, 3.8) is 0 Å². The zero-order valence-corrected chi connectivity index (χ0v) is 8.91. The smallest absolute Gasteiger partial charge is 0.383 e. The summed E-state index contributed by atoms with van der Waals surface area (Å²) in [7, 11) is 0. The molecule has 0 amide bonds. The highest BCUT2D eigenvalue weighted by molar-refractivity contribution is 5.82. The van der Waals surface area contributed by atoms with Crippen molar-refractivity contribution in [2.75, 3.05) is 0 Å². The Morgan fingerprint density at radius 3 is 2.29 bits per heavy atom. The zero-order valence-electron chi connectivity index (χ0n) is 8.91. The molecule has 2 rings (SSSR count). The van der Waals surface area contributed by atoms with E-state index in [1.54, 1.807) is 18.2 Å². The van der Waals surface area contributed by atoms with Crippen LogP contribution in [0, 0.1) is 0 Å².